The molecule has 6 heterocycles. The molecule has 1 aromatic carbocycles. The zero-order chi connectivity index (χ0) is 42.2. The summed E-state index contributed by atoms with van der Waals surface area (Å²) in [5.74, 6) is -1.66. The lowest BCUT2D eigenvalue weighted by molar-refractivity contribution is -0.0363. The summed E-state index contributed by atoms with van der Waals surface area (Å²) in [5.41, 5.74) is -1.23. The van der Waals surface area contributed by atoms with Gasteiger partial charge in [0, 0.05) is 49.5 Å². The van der Waals surface area contributed by atoms with Gasteiger partial charge in [-0.15, -0.1) is 0 Å². The van der Waals surface area contributed by atoms with Crippen LogP contribution < -0.4 is 15.0 Å². The van der Waals surface area contributed by atoms with E-state index in [-0.39, 0.29) is 40.4 Å². The van der Waals surface area contributed by atoms with E-state index in [1.54, 1.807) is 25.7 Å². The minimum atomic E-state index is -0.969. The highest BCUT2D eigenvalue weighted by atomic mass is 32.2. The summed E-state index contributed by atoms with van der Waals surface area (Å²) in [5, 5.41) is 12.8. The number of rotatable bonds is 7. The molecule has 0 saturated carbocycles. The monoisotopic (exact) mass is 835 g/mol. The summed E-state index contributed by atoms with van der Waals surface area (Å²) in [7, 11) is 0. The standard InChI is InChI=1S/C43H52F3N7O5S/c1-8-24-18-27-33(32(46)30(24)26-10-11-29(45)34-31(26)28(20-47)36(59-34)50-38(54)57-40(2,3)4)48-37(56-23-43-12-9-15-52(43)21-25(44)19-43)49-35(27)51-16-13-42(22-51)14-17-53(42)39(55)58-41(5,6)7/h10-11,18,25,31,34H,8-9,12-17,19,21-23H2,1-7H3,(H,50,54)/t25-,31?,34?,42?,43+/m1/s1. The largest absolute Gasteiger partial charge is 0.461 e. The van der Waals surface area contributed by atoms with E-state index < -0.39 is 57.4 Å². The number of halogens is 3. The van der Waals surface area contributed by atoms with Gasteiger partial charge in [-0.25, -0.2) is 22.8 Å². The first-order valence-electron chi connectivity index (χ1n) is 20.5. The van der Waals surface area contributed by atoms with Crippen molar-refractivity contribution in [3.63, 3.8) is 0 Å². The van der Waals surface area contributed by atoms with E-state index in [9.17, 15) is 19.2 Å². The summed E-state index contributed by atoms with van der Waals surface area (Å²) in [6.07, 6.45) is 4.46. The Bertz CT molecular complexity index is 2230. The maximum atomic E-state index is 17.7. The molecule has 316 valence electrons. The Balaban J connectivity index is 1.21. The highest BCUT2D eigenvalue weighted by Crippen LogP contribution is 2.54. The summed E-state index contributed by atoms with van der Waals surface area (Å²) in [4.78, 5) is 41.7. The average molecular weight is 836 g/mol. The summed E-state index contributed by atoms with van der Waals surface area (Å²) in [6.45, 7) is 15.3. The Morgan fingerprint density at radius 1 is 1.05 bits per heavy atom. The van der Waals surface area contributed by atoms with E-state index in [1.165, 1.54) is 12.2 Å². The fraction of sp³-hybridized carbons (Fsp3) is 0.605. The molecule has 1 spiro atoms. The van der Waals surface area contributed by atoms with Gasteiger partial charge in [0.1, 0.15) is 41.1 Å². The third-order valence-corrected chi connectivity index (χ3v) is 13.7. The number of benzene rings is 1. The fourth-order valence-electron chi connectivity index (χ4n) is 9.70. The summed E-state index contributed by atoms with van der Waals surface area (Å²) in [6, 6.07) is 3.97. The Labute approximate surface area is 347 Å². The van der Waals surface area contributed by atoms with E-state index in [2.05, 4.69) is 16.3 Å². The van der Waals surface area contributed by atoms with Crippen molar-refractivity contribution in [3.05, 3.63) is 51.6 Å². The predicted octanol–water partition coefficient (Wildman–Crippen LogP) is 8.12. The van der Waals surface area contributed by atoms with E-state index in [0.29, 0.717) is 67.8 Å². The van der Waals surface area contributed by atoms with Crippen molar-refractivity contribution in [1.29, 1.82) is 5.26 Å². The zero-order valence-corrected chi connectivity index (χ0v) is 35.5. The number of anilines is 1. The summed E-state index contributed by atoms with van der Waals surface area (Å²) < 4.78 is 65.7. The lowest BCUT2D eigenvalue weighted by Gasteiger charge is -2.50. The molecule has 1 aromatic heterocycles. The second kappa shape index (κ2) is 14.9. The molecule has 4 fully saturated rings. The van der Waals surface area contributed by atoms with Gasteiger partial charge in [0.25, 0.3) is 0 Å². The number of fused-ring (bicyclic) bond motifs is 3. The van der Waals surface area contributed by atoms with Crippen molar-refractivity contribution in [2.24, 2.45) is 5.92 Å². The minimum Gasteiger partial charge on any atom is -0.461 e. The van der Waals surface area contributed by atoms with Crippen molar-refractivity contribution >= 4 is 46.2 Å². The van der Waals surface area contributed by atoms with Gasteiger partial charge in [0.2, 0.25) is 0 Å². The van der Waals surface area contributed by atoms with Crippen LogP contribution in [0.3, 0.4) is 0 Å². The normalized spacial score (nSPS) is 28.0. The number of aromatic nitrogens is 2. The maximum absolute atomic E-state index is 17.7. The molecular weight excluding hydrogens is 784 g/mol. The molecule has 0 bridgehead atoms. The highest BCUT2D eigenvalue weighted by Gasteiger charge is 2.54. The lowest BCUT2D eigenvalue weighted by Crippen LogP contribution is -2.64. The van der Waals surface area contributed by atoms with Crippen LogP contribution in [0.25, 0.3) is 16.5 Å². The quantitative estimate of drug-likeness (QED) is 0.290. The molecule has 59 heavy (non-hydrogen) atoms. The molecule has 0 radical (unpaired) electrons. The van der Waals surface area contributed by atoms with E-state index in [4.69, 9.17) is 24.2 Å². The number of ether oxygens (including phenoxy) is 3. The third kappa shape index (κ3) is 7.51. The number of nitriles is 1. The third-order valence-electron chi connectivity index (χ3n) is 12.4. The van der Waals surface area contributed by atoms with Crippen molar-refractivity contribution < 1.29 is 37.0 Å². The van der Waals surface area contributed by atoms with Crippen molar-refractivity contribution in [2.45, 2.75) is 121 Å². The molecule has 2 amide bonds. The van der Waals surface area contributed by atoms with Crippen LogP contribution in [0.1, 0.15) is 91.7 Å². The molecule has 16 heteroatoms. The van der Waals surface area contributed by atoms with Crippen LogP contribution in [0, 0.1) is 23.1 Å². The minimum absolute atomic E-state index is 0.0148. The number of nitrogens with zero attached hydrogens (tertiary/aromatic N) is 6. The van der Waals surface area contributed by atoms with E-state index in [1.807, 2.05) is 38.7 Å². The molecule has 2 aromatic rings. The number of nitrogens with one attached hydrogen (secondary N) is 1. The number of carbonyl (C=O) groups excluding carboxylic acids is 2. The number of alkyl carbamates (subject to hydrolysis) is 1. The molecule has 5 aliphatic heterocycles. The number of amides is 2. The Morgan fingerprint density at radius 2 is 1.80 bits per heavy atom. The molecule has 1 aliphatic carbocycles. The van der Waals surface area contributed by atoms with Crippen LogP contribution in [-0.4, -0.2) is 105 Å². The number of hydrogen-bond acceptors (Lipinski definition) is 11. The highest BCUT2D eigenvalue weighted by molar-refractivity contribution is 8.04. The maximum Gasteiger partial charge on any atom is 0.412 e. The second-order valence-electron chi connectivity index (χ2n) is 18.6. The van der Waals surface area contributed by atoms with Crippen molar-refractivity contribution in [1.82, 2.24) is 25.1 Å². The van der Waals surface area contributed by atoms with Crippen LogP contribution >= 0.6 is 11.8 Å². The molecule has 8 rings (SSSR count). The number of carbonyl (C=O) groups is 2. The van der Waals surface area contributed by atoms with Gasteiger partial charge in [-0.3, -0.25) is 10.2 Å². The zero-order valence-electron chi connectivity index (χ0n) is 34.7. The molecule has 6 aliphatic rings. The van der Waals surface area contributed by atoms with E-state index >= 15 is 8.78 Å². The smallest absolute Gasteiger partial charge is 0.412 e. The second-order valence-corrected chi connectivity index (χ2v) is 19.8. The number of hydrogen-bond donors (Lipinski definition) is 1. The molecule has 5 atom stereocenters. The van der Waals surface area contributed by atoms with Gasteiger partial charge >= 0.3 is 18.2 Å². The van der Waals surface area contributed by atoms with Gasteiger partial charge in [0.05, 0.1) is 33.0 Å². The molecule has 4 saturated heterocycles. The van der Waals surface area contributed by atoms with Gasteiger partial charge in [-0.2, -0.15) is 15.2 Å². The van der Waals surface area contributed by atoms with Gasteiger partial charge in [-0.1, -0.05) is 24.8 Å². The predicted molar refractivity (Wildman–Crippen MR) is 219 cm³/mol. The van der Waals surface area contributed by atoms with Crippen molar-refractivity contribution in [3.8, 4) is 12.1 Å². The Kier molecular flexibility index (Phi) is 10.4. The molecular formula is C43H52F3N7O5S. The van der Waals surface area contributed by atoms with Gasteiger partial charge in [0.15, 0.2) is 5.82 Å². The van der Waals surface area contributed by atoms with Gasteiger partial charge < -0.3 is 24.0 Å². The van der Waals surface area contributed by atoms with Crippen molar-refractivity contribution in [2.75, 3.05) is 44.2 Å². The first kappa shape index (κ1) is 41.3. The van der Waals surface area contributed by atoms with E-state index in [0.717, 1.165) is 37.6 Å². The first-order chi connectivity index (χ1) is 27.8. The molecule has 1 N–H and O–H groups in total. The number of allylic oxidation sites excluding steroid dienone is 4. The topological polar surface area (TPSA) is 133 Å². The fourth-order valence-corrected chi connectivity index (χ4v) is 11.0. The number of thioether (sulfide) groups is 1. The number of aryl methyl sites for hydroxylation is 1. The van der Waals surface area contributed by atoms with Crippen LogP contribution in [-0.2, 0) is 15.9 Å². The Morgan fingerprint density at radius 3 is 2.47 bits per heavy atom. The molecule has 12 nitrogen and oxygen atoms in total. The number of likely N-dealkylation sites (tertiary alicyclic amines) is 1. The first-order valence-corrected chi connectivity index (χ1v) is 21.4. The average Bonchev–Trinajstić information content (AvgIpc) is 3.91. The SMILES string of the molecule is CCc1cc2c(N3CCC4(CCN4C(=O)OC(C)(C)C)C3)nc(OC[C@@]34CCCN3C[C@H](F)C4)nc2c(F)c1C1=CC=C(F)C2SC(NC(=O)OC(C)(C)C)=C(C#N)C12. The van der Waals surface area contributed by atoms with Crippen LogP contribution in [0.15, 0.2) is 34.6 Å². The lowest BCUT2D eigenvalue weighted by atomic mass is 9.79. The summed E-state index contributed by atoms with van der Waals surface area (Å²) >= 11 is 0.990. The van der Waals surface area contributed by atoms with Crippen LogP contribution in [0.2, 0.25) is 0 Å². The Hall–Kier alpha value is -4.49. The van der Waals surface area contributed by atoms with Gasteiger partial charge in [-0.05, 0) is 103 Å². The molecule has 3 unspecified atom stereocenters. The van der Waals surface area contributed by atoms with Crippen LogP contribution in [0.4, 0.5) is 28.6 Å². The number of alkyl halides is 1. The van der Waals surface area contributed by atoms with Crippen LogP contribution in [0.5, 0.6) is 6.01 Å².